The van der Waals surface area contributed by atoms with Gasteiger partial charge in [-0.1, -0.05) is 12.1 Å². The maximum Gasteiger partial charge on any atom is 0.135 e. The van der Waals surface area contributed by atoms with Gasteiger partial charge < -0.3 is 0 Å². The molecule has 0 atom stereocenters. The molecule has 1 fully saturated rings. The number of nitrogens with zero attached hydrogens (tertiary/aromatic N) is 2. The third kappa shape index (κ3) is 2.68. The Morgan fingerprint density at radius 3 is 2.75 bits per heavy atom. The van der Waals surface area contributed by atoms with Crippen molar-refractivity contribution < 1.29 is 4.79 Å². The highest BCUT2D eigenvalue weighted by molar-refractivity contribution is 5.79. The minimum atomic E-state index is 0.363. The van der Waals surface area contributed by atoms with Crippen LogP contribution in [0.3, 0.4) is 0 Å². The lowest BCUT2D eigenvalue weighted by Crippen LogP contribution is -2.33. The number of carbonyl (C=O) groups excluding carboxylic acids is 1. The smallest absolute Gasteiger partial charge is 0.135 e. The van der Waals surface area contributed by atoms with Crippen LogP contribution in [0.5, 0.6) is 0 Å². The van der Waals surface area contributed by atoms with Crippen molar-refractivity contribution >= 4 is 5.78 Å². The van der Waals surface area contributed by atoms with Gasteiger partial charge in [0.05, 0.1) is 11.6 Å². The van der Waals surface area contributed by atoms with E-state index in [0.29, 0.717) is 24.2 Å². The van der Waals surface area contributed by atoms with E-state index in [1.165, 1.54) is 0 Å². The molecule has 0 aliphatic carbocycles. The van der Waals surface area contributed by atoms with Crippen LogP contribution in [0.2, 0.25) is 0 Å². The lowest BCUT2D eigenvalue weighted by atomic mass is 10.1. The van der Waals surface area contributed by atoms with Gasteiger partial charge in [-0.3, -0.25) is 9.69 Å². The largest absolute Gasteiger partial charge is 0.300 e. The summed E-state index contributed by atoms with van der Waals surface area (Å²) < 4.78 is 0. The maximum absolute atomic E-state index is 11.1. The first-order valence-corrected chi connectivity index (χ1v) is 5.51. The zero-order chi connectivity index (χ0) is 11.4. The molecule has 1 aliphatic heterocycles. The van der Waals surface area contributed by atoms with E-state index in [-0.39, 0.29) is 0 Å². The Bertz CT molecular complexity index is 424. The minimum absolute atomic E-state index is 0.363. The van der Waals surface area contributed by atoms with E-state index in [1.807, 2.05) is 24.3 Å². The summed E-state index contributed by atoms with van der Waals surface area (Å²) in [6, 6.07) is 9.79. The van der Waals surface area contributed by atoms with Crippen molar-refractivity contribution in [3.05, 3.63) is 35.4 Å². The number of rotatable bonds is 2. The fraction of sp³-hybridized carbons (Fsp3) is 0.385. The first-order chi connectivity index (χ1) is 7.78. The number of hydrogen-bond acceptors (Lipinski definition) is 3. The second-order valence-corrected chi connectivity index (χ2v) is 4.13. The van der Waals surface area contributed by atoms with Gasteiger partial charge in [0, 0.05) is 32.5 Å². The standard InChI is InChI=1S/C13H14N2O/c14-9-11-2-1-3-12(8-11)10-15-6-4-13(16)5-7-15/h1-3,8H,4-7,10H2. The molecule has 0 radical (unpaired) electrons. The number of likely N-dealkylation sites (tertiary alicyclic amines) is 1. The van der Waals surface area contributed by atoms with Crippen LogP contribution in [-0.4, -0.2) is 23.8 Å². The summed E-state index contributed by atoms with van der Waals surface area (Å²) in [7, 11) is 0. The summed E-state index contributed by atoms with van der Waals surface area (Å²) in [6.07, 6.45) is 1.33. The van der Waals surface area contributed by atoms with Crippen molar-refractivity contribution in [1.29, 1.82) is 5.26 Å². The first kappa shape index (κ1) is 10.8. The van der Waals surface area contributed by atoms with Gasteiger partial charge >= 0.3 is 0 Å². The second-order valence-electron chi connectivity index (χ2n) is 4.13. The third-order valence-corrected chi connectivity index (χ3v) is 2.88. The molecule has 3 heteroatoms. The molecule has 1 saturated heterocycles. The summed E-state index contributed by atoms with van der Waals surface area (Å²) in [6.45, 7) is 2.52. The van der Waals surface area contributed by atoms with E-state index in [1.54, 1.807) is 0 Å². The van der Waals surface area contributed by atoms with Gasteiger partial charge in [-0.15, -0.1) is 0 Å². The van der Waals surface area contributed by atoms with Gasteiger partial charge in [-0.25, -0.2) is 0 Å². The monoisotopic (exact) mass is 214 g/mol. The summed E-state index contributed by atoms with van der Waals surface area (Å²) in [5.41, 5.74) is 1.85. The highest BCUT2D eigenvalue weighted by Gasteiger charge is 2.15. The zero-order valence-electron chi connectivity index (χ0n) is 9.15. The van der Waals surface area contributed by atoms with Gasteiger partial charge in [-0.05, 0) is 17.7 Å². The van der Waals surface area contributed by atoms with E-state index in [0.717, 1.165) is 25.2 Å². The Morgan fingerprint density at radius 2 is 2.06 bits per heavy atom. The van der Waals surface area contributed by atoms with E-state index >= 15 is 0 Å². The fourth-order valence-electron chi connectivity index (χ4n) is 1.96. The Morgan fingerprint density at radius 1 is 1.31 bits per heavy atom. The molecule has 1 heterocycles. The Labute approximate surface area is 95.3 Å². The fourth-order valence-corrected chi connectivity index (χ4v) is 1.96. The van der Waals surface area contributed by atoms with Crippen molar-refractivity contribution in [2.24, 2.45) is 0 Å². The van der Waals surface area contributed by atoms with Crippen molar-refractivity contribution in [2.45, 2.75) is 19.4 Å². The number of ketones is 1. The van der Waals surface area contributed by atoms with Crippen LogP contribution < -0.4 is 0 Å². The highest BCUT2D eigenvalue weighted by atomic mass is 16.1. The van der Waals surface area contributed by atoms with Crippen molar-refractivity contribution in [2.75, 3.05) is 13.1 Å². The van der Waals surface area contributed by atoms with E-state index < -0.39 is 0 Å². The van der Waals surface area contributed by atoms with Crippen LogP contribution in [0.15, 0.2) is 24.3 Å². The Kier molecular flexibility index (Phi) is 3.33. The molecule has 16 heavy (non-hydrogen) atoms. The summed E-state index contributed by atoms with van der Waals surface area (Å²) in [5, 5.41) is 8.79. The molecule has 0 unspecified atom stereocenters. The van der Waals surface area contributed by atoms with Crippen LogP contribution in [0.25, 0.3) is 0 Å². The number of Topliss-reactive ketones (excluding diaryl/α,β-unsaturated/α-hetero) is 1. The van der Waals surface area contributed by atoms with Crippen LogP contribution in [-0.2, 0) is 11.3 Å². The summed E-state index contributed by atoms with van der Waals surface area (Å²) in [4.78, 5) is 13.4. The van der Waals surface area contributed by atoms with E-state index in [4.69, 9.17) is 5.26 Å². The normalized spacial score (nSPS) is 17.1. The Hall–Kier alpha value is -1.66. The molecule has 0 bridgehead atoms. The van der Waals surface area contributed by atoms with Crippen LogP contribution in [0, 0.1) is 11.3 Å². The van der Waals surface area contributed by atoms with E-state index in [9.17, 15) is 4.79 Å². The zero-order valence-corrected chi connectivity index (χ0v) is 9.15. The molecular formula is C13H14N2O. The van der Waals surface area contributed by atoms with Gasteiger partial charge in [-0.2, -0.15) is 5.26 Å². The average molecular weight is 214 g/mol. The molecule has 0 aromatic heterocycles. The van der Waals surface area contributed by atoms with Crippen LogP contribution >= 0.6 is 0 Å². The van der Waals surface area contributed by atoms with Crippen molar-refractivity contribution in [3.63, 3.8) is 0 Å². The predicted octanol–water partition coefficient (Wildman–Crippen LogP) is 1.72. The lowest BCUT2D eigenvalue weighted by molar-refractivity contribution is -0.121. The molecule has 1 aromatic rings. The highest BCUT2D eigenvalue weighted by Crippen LogP contribution is 2.12. The topological polar surface area (TPSA) is 44.1 Å². The number of carbonyl (C=O) groups is 1. The number of hydrogen-bond donors (Lipinski definition) is 0. The maximum atomic E-state index is 11.1. The van der Waals surface area contributed by atoms with Crippen molar-refractivity contribution in [3.8, 4) is 6.07 Å². The molecule has 2 rings (SSSR count). The first-order valence-electron chi connectivity index (χ1n) is 5.51. The molecule has 3 nitrogen and oxygen atoms in total. The summed E-state index contributed by atoms with van der Waals surface area (Å²) in [5.74, 6) is 0.363. The minimum Gasteiger partial charge on any atom is -0.300 e. The van der Waals surface area contributed by atoms with Gasteiger partial charge in [0.2, 0.25) is 0 Å². The third-order valence-electron chi connectivity index (χ3n) is 2.88. The molecule has 0 spiro atoms. The van der Waals surface area contributed by atoms with E-state index in [2.05, 4.69) is 11.0 Å². The molecule has 1 aliphatic rings. The SMILES string of the molecule is N#Cc1cccc(CN2CCC(=O)CC2)c1. The molecule has 0 N–H and O–H groups in total. The molecular weight excluding hydrogens is 200 g/mol. The Balaban J connectivity index is 1.98. The number of benzene rings is 1. The summed E-state index contributed by atoms with van der Waals surface area (Å²) >= 11 is 0. The average Bonchev–Trinajstić information content (AvgIpc) is 2.32. The molecule has 0 amide bonds. The van der Waals surface area contributed by atoms with Crippen LogP contribution in [0.1, 0.15) is 24.0 Å². The second kappa shape index (κ2) is 4.91. The molecule has 1 aromatic carbocycles. The van der Waals surface area contributed by atoms with Gasteiger partial charge in [0.15, 0.2) is 0 Å². The number of piperidine rings is 1. The van der Waals surface area contributed by atoms with Gasteiger partial charge in [0.25, 0.3) is 0 Å². The lowest BCUT2D eigenvalue weighted by Gasteiger charge is -2.25. The predicted molar refractivity (Wildman–Crippen MR) is 60.7 cm³/mol. The molecule has 0 saturated carbocycles. The van der Waals surface area contributed by atoms with Crippen LogP contribution in [0.4, 0.5) is 0 Å². The quantitative estimate of drug-likeness (QED) is 0.753. The van der Waals surface area contributed by atoms with Gasteiger partial charge in [0.1, 0.15) is 5.78 Å². The van der Waals surface area contributed by atoms with Crippen molar-refractivity contribution in [1.82, 2.24) is 4.90 Å². The number of nitriles is 1. The molecule has 82 valence electrons.